The molecule has 1 unspecified atom stereocenters. The van der Waals surface area contributed by atoms with Crippen molar-refractivity contribution in [2.45, 2.75) is 65.3 Å². The van der Waals surface area contributed by atoms with Gasteiger partial charge in [-0.05, 0) is 26.7 Å². The maximum absolute atomic E-state index is 12.7. The highest BCUT2D eigenvalue weighted by Crippen LogP contribution is 2.24. The lowest BCUT2D eigenvalue weighted by Crippen LogP contribution is -2.57. The molecule has 0 bridgehead atoms. The number of rotatable bonds is 6. The van der Waals surface area contributed by atoms with Gasteiger partial charge in [0.05, 0.1) is 16.7 Å². The summed E-state index contributed by atoms with van der Waals surface area (Å²) in [4.78, 5) is 29.1. The van der Waals surface area contributed by atoms with Crippen molar-refractivity contribution >= 4 is 47.2 Å². The molecule has 1 N–H and O–H groups in total. The van der Waals surface area contributed by atoms with Crippen LogP contribution in [0.1, 0.15) is 58.2 Å². The molecule has 1 aromatic heterocycles. The number of likely N-dealkylation sites (tertiary alicyclic amines) is 1. The predicted octanol–water partition coefficient (Wildman–Crippen LogP) is 3.20. The maximum Gasteiger partial charge on any atom is 0.239 e. The Hall–Kier alpha value is -0.940. The third-order valence-corrected chi connectivity index (χ3v) is 7.09. The Morgan fingerprint density at radius 1 is 1.16 bits per heavy atom. The van der Waals surface area contributed by atoms with Crippen LogP contribution in [0, 0.1) is 0 Å². The molecule has 0 spiro atoms. The zero-order valence-corrected chi connectivity index (χ0v) is 23.5. The van der Waals surface area contributed by atoms with Gasteiger partial charge in [-0.15, -0.1) is 35.3 Å². The summed E-state index contributed by atoms with van der Waals surface area (Å²) in [6, 6.07) is -0.0262. The van der Waals surface area contributed by atoms with Gasteiger partial charge in [-0.3, -0.25) is 14.7 Å². The largest absolute Gasteiger partial charge is 0.357 e. The van der Waals surface area contributed by atoms with E-state index in [2.05, 4.69) is 55.1 Å². The van der Waals surface area contributed by atoms with Crippen LogP contribution in [0.2, 0.25) is 0 Å². The molecule has 0 aromatic carbocycles. The minimum Gasteiger partial charge on any atom is -0.357 e. The summed E-state index contributed by atoms with van der Waals surface area (Å²) in [5, 5.41) is 6.78. The van der Waals surface area contributed by atoms with Gasteiger partial charge in [0.25, 0.3) is 0 Å². The third kappa shape index (κ3) is 7.28. The highest BCUT2D eigenvalue weighted by Gasteiger charge is 2.30. The van der Waals surface area contributed by atoms with Crippen molar-refractivity contribution in [3.63, 3.8) is 0 Å². The van der Waals surface area contributed by atoms with Crippen LogP contribution >= 0.6 is 35.3 Å². The molecule has 2 aliphatic heterocycles. The highest BCUT2D eigenvalue weighted by atomic mass is 127. The van der Waals surface area contributed by atoms with E-state index in [1.807, 2.05) is 4.90 Å². The molecule has 0 radical (unpaired) electrons. The van der Waals surface area contributed by atoms with E-state index in [-0.39, 0.29) is 35.4 Å². The average Bonchev–Trinajstić information content (AvgIpc) is 3.44. The van der Waals surface area contributed by atoms with Gasteiger partial charge in [-0.25, -0.2) is 4.98 Å². The number of carbonyl (C=O) groups is 1. The molecule has 2 aliphatic rings. The maximum atomic E-state index is 12.7. The number of amides is 1. The molecule has 0 saturated carbocycles. The first-order valence-electron chi connectivity index (χ1n) is 11.8. The van der Waals surface area contributed by atoms with Gasteiger partial charge >= 0.3 is 0 Å². The lowest BCUT2D eigenvalue weighted by atomic mass is 9.93. The summed E-state index contributed by atoms with van der Waals surface area (Å²) in [7, 11) is 0. The van der Waals surface area contributed by atoms with E-state index in [1.165, 1.54) is 0 Å². The standard InChI is InChI=1S/C23H40N6OS.HI/c1-6-24-22(25-10-9-20-26-19(17-31-20)23(3,4)5)29-15-13-27(14-16-29)18(2)21(30)28-11-7-8-12-28;/h17-18H,6-16H2,1-5H3,(H,24,25);1H. The van der Waals surface area contributed by atoms with E-state index in [1.54, 1.807) is 11.3 Å². The van der Waals surface area contributed by atoms with Crippen LogP contribution in [0.15, 0.2) is 10.4 Å². The molecule has 182 valence electrons. The summed E-state index contributed by atoms with van der Waals surface area (Å²) in [6.45, 7) is 17.8. The van der Waals surface area contributed by atoms with Gasteiger partial charge in [0.15, 0.2) is 5.96 Å². The van der Waals surface area contributed by atoms with Crippen molar-refractivity contribution in [2.75, 3.05) is 52.4 Å². The Bertz CT molecular complexity index is 748. The first-order valence-corrected chi connectivity index (χ1v) is 12.7. The summed E-state index contributed by atoms with van der Waals surface area (Å²) < 4.78 is 0. The molecule has 2 saturated heterocycles. The average molecular weight is 577 g/mol. The fourth-order valence-electron chi connectivity index (χ4n) is 4.13. The summed E-state index contributed by atoms with van der Waals surface area (Å²) in [6.07, 6.45) is 3.16. The number of nitrogens with zero attached hydrogens (tertiary/aromatic N) is 5. The lowest BCUT2D eigenvalue weighted by molar-refractivity contribution is -0.135. The van der Waals surface area contributed by atoms with Crippen LogP contribution in [0.5, 0.6) is 0 Å². The van der Waals surface area contributed by atoms with E-state index < -0.39 is 0 Å². The number of hydrogen-bond donors (Lipinski definition) is 1. The highest BCUT2D eigenvalue weighted by molar-refractivity contribution is 14.0. The first-order chi connectivity index (χ1) is 14.8. The minimum absolute atomic E-state index is 0. The molecular weight excluding hydrogens is 535 g/mol. The number of nitrogens with one attached hydrogen (secondary N) is 1. The van der Waals surface area contributed by atoms with Crippen LogP contribution in [0.25, 0.3) is 0 Å². The van der Waals surface area contributed by atoms with Gasteiger partial charge < -0.3 is 15.1 Å². The number of halogens is 1. The smallest absolute Gasteiger partial charge is 0.239 e. The molecule has 3 heterocycles. The van der Waals surface area contributed by atoms with Gasteiger partial charge in [-0.2, -0.15) is 0 Å². The van der Waals surface area contributed by atoms with Crippen LogP contribution < -0.4 is 5.32 Å². The van der Waals surface area contributed by atoms with E-state index in [4.69, 9.17) is 9.98 Å². The Labute approximate surface area is 215 Å². The van der Waals surface area contributed by atoms with Crippen LogP contribution in [0.3, 0.4) is 0 Å². The quantitative estimate of drug-likeness (QED) is 0.320. The van der Waals surface area contributed by atoms with Crippen molar-refractivity contribution in [3.05, 3.63) is 16.1 Å². The predicted molar refractivity (Wildman–Crippen MR) is 144 cm³/mol. The fraction of sp³-hybridized carbons (Fsp3) is 0.783. The Kier molecular flexibility index (Phi) is 10.7. The normalized spacial score (nSPS) is 19.1. The van der Waals surface area contributed by atoms with Gasteiger partial charge in [0.1, 0.15) is 0 Å². The molecule has 1 aromatic rings. The van der Waals surface area contributed by atoms with E-state index in [0.717, 1.165) is 88.3 Å². The minimum atomic E-state index is -0.0262. The van der Waals surface area contributed by atoms with Gasteiger partial charge in [-0.1, -0.05) is 20.8 Å². The Balaban J connectivity index is 0.00000363. The summed E-state index contributed by atoms with van der Waals surface area (Å²) >= 11 is 1.74. The Morgan fingerprint density at radius 3 is 2.38 bits per heavy atom. The van der Waals surface area contributed by atoms with Gasteiger partial charge in [0, 0.05) is 69.6 Å². The monoisotopic (exact) mass is 576 g/mol. The van der Waals surface area contributed by atoms with Crippen molar-refractivity contribution in [1.82, 2.24) is 25.0 Å². The van der Waals surface area contributed by atoms with Crippen LogP contribution in [0.4, 0.5) is 0 Å². The van der Waals surface area contributed by atoms with E-state index >= 15 is 0 Å². The molecule has 3 rings (SSSR count). The molecule has 1 atom stereocenters. The van der Waals surface area contributed by atoms with Crippen molar-refractivity contribution < 1.29 is 4.79 Å². The zero-order valence-electron chi connectivity index (χ0n) is 20.4. The van der Waals surface area contributed by atoms with Crippen LogP contribution in [-0.2, 0) is 16.6 Å². The summed E-state index contributed by atoms with van der Waals surface area (Å²) in [5.41, 5.74) is 1.26. The number of aliphatic imine (C=N–C) groups is 1. The van der Waals surface area contributed by atoms with Crippen molar-refractivity contribution in [1.29, 1.82) is 0 Å². The van der Waals surface area contributed by atoms with Gasteiger partial charge in [0.2, 0.25) is 5.91 Å². The Morgan fingerprint density at radius 2 is 1.81 bits per heavy atom. The number of hydrogen-bond acceptors (Lipinski definition) is 5. The van der Waals surface area contributed by atoms with Crippen molar-refractivity contribution in [3.8, 4) is 0 Å². The van der Waals surface area contributed by atoms with Crippen LogP contribution in [-0.4, -0.2) is 90.0 Å². The fourth-order valence-corrected chi connectivity index (χ4v) is 5.15. The second-order valence-electron chi connectivity index (χ2n) is 9.59. The molecule has 2 fully saturated rings. The molecular formula is C23H41IN6OS. The molecule has 7 nitrogen and oxygen atoms in total. The molecule has 0 aliphatic carbocycles. The third-order valence-electron chi connectivity index (χ3n) is 6.18. The molecule has 9 heteroatoms. The molecule has 1 amide bonds. The van der Waals surface area contributed by atoms with E-state index in [9.17, 15) is 4.79 Å². The number of carbonyl (C=O) groups excluding carboxylic acids is 1. The SMILES string of the molecule is CCNC(=NCCc1nc(C(C)(C)C)cs1)N1CCN(C(C)C(=O)N2CCCC2)CC1.I. The second-order valence-corrected chi connectivity index (χ2v) is 10.5. The zero-order chi connectivity index (χ0) is 22.4. The number of guanidine groups is 1. The number of piperazine rings is 1. The topological polar surface area (TPSA) is 64.1 Å². The van der Waals surface area contributed by atoms with E-state index in [0.29, 0.717) is 5.91 Å². The molecule has 32 heavy (non-hydrogen) atoms. The summed E-state index contributed by atoms with van der Waals surface area (Å²) in [5.74, 6) is 1.28. The second kappa shape index (κ2) is 12.5. The lowest BCUT2D eigenvalue weighted by Gasteiger charge is -2.39. The number of thiazole rings is 1. The van der Waals surface area contributed by atoms with Crippen molar-refractivity contribution in [2.24, 2.45) is 4.99 Å². The number of aromatic nitrogens is 1. The first kappa shape index (κ1) is 27.3.